The second kappa shape index (κ2) is 5.87. The van der Waals surface area contributed by atoms with Crippen molar-refractivity contribution in [1.29, 1.82) is 0 Å². The average molecular weight is 211 g/mol. The molecule has 1 rings (SSSR count). The lowest BCUT2D eigenvalue weighted by molar-refractivity contribution is -0.142. The van der Waals surface area contributed by atoms with Gasteiger partial charge in [0.25, 0.3) is 0 Å². The second-order valence-electron chi connectivity index (χ2n) is 2.83. The molecular weight excluding hydrogens is 198 g/mol. The van der Waals surface area contributed by atoms with Gasteiger partial charge in [0.1, 0.15) is 19.0 Å². The van der Waals surface area contributed by atoms with Gasteiger partial charge in [0.15, 0.2) is 0 Å². The van der Waals surface area contributed by atoms with Crippen LogP contribution in [0.2, 0.25) is 0 Å². The first-order valence-corrected chi connectivity index (χ1v) is 4.47. The molecule has 0 radical (unpaired) electrons. The number of rotatable bonds is 6. The molecule has 0 saturated carbocycles. The number of ether oxygens (including phenoxy) is 2. The fourth-order valence-electron chi connectivity index (χ4n) is 0.982. The molecule has 0 fully saturated rings. The van der Waals surface area contributed by atoms with Crippen LogP contribution < -0.4 is 10.5 Å². The average Bonchev–Trinajstić information content (AvgIpc) is 2.20. The van der Waals surface area contributed by atoms with Gasteiger partial charge in [-0.05, 0) is 12.1 Å². The standard InChI is InChI=1S/C10H13NO4/c11-8-3-1-2-4-9(8)15-6-5-14-7-10(12)13/h1-4H,5-7,11H2,(H,12,13). The number of hydrogen-bond donors (Lipinski definition) is 2. The number of aliphatic carboxylic acids is 1. The molecule has 3 N–H and O–H groups in total. The van der Waals surface area contributed by atoms with E-state index in [-0.39, 0.29) is 19.8 Å². The van der Waals surface area contributed by atoms with Crippen molar-refractivity contribution >= 4 is 11.7 Å². The van der Waals surface area contributed by atoms with Gasteiger partial charge in [-0.25, -0.2) is 4.79 Å². The topological polar surface area (TPSA) is 81.8 Å². The van der Waals surface area contributed by atoms with Gasteiger partial charge < -0.3 is 20.3 Å². The van der Waals surface area contributed by atoms with Crippen LogP contribution in [0.4, 0.5) is 5.69 Å². The summed E-state index contributed by atoms with van der Waals surface area (Å²) in [4.78, 5) is 10.1. The van der Waals surface area contributed by atoms with E-state index in [0.29, 0.717) is 11.4 Å². The molecular formula is C10H13NO4. The molecule has 0 atom stereocenters. The molecule has 0 bridgehead atoms. The first-order valence-electron chi connectivity index (χ1n) is 4.47. The molecule has 1 aromatic carbocycles. The summed E-state index contributed by atoms with van der Waals surface area (Å²) < 4.78 is 10.1. The maximum atomic E-state index is 10.1. The van der Waals surface area contributed by atoms with Gasteiger partial charge >= 0.3 is 5.97 Å². The number of carboxylic acid groups (broad SMARTS) is 1. The van der Waals surface area contributed by atoms with E-state index in [1.54, 1.807) is 12.1 Å². The van der Waals surface area contributed by atoms with Gasteiger partial charge in [0.2, 0.25) is 0 Å². The van der Waals surface area contributed by atoms with Crippen LogP contribution in [0.1, 0.15) is 0 Å². The summed E-state index contributed by atoms with van der Waals surface area (Å²) in [5.74, 6) is -0.411. The number of carbonyl (C=O) groups is 1. The van der Waals surface area contributed by atoms with Gasteiger partial charge in [0, 0.05) is 0 Å². The SMILES string of the molecule is Nc1ccccc1OCCOCC(=O)O. The Morgan fingerprint density at radius 1 is 1.33 bits per heavy atom. The Labute approximate surface area is 87.4 Å². The summed E-state index contributed by atoms with van der Waals surface area (Å²) in [6, 6.07) is 7.09. The highest BCUT2D eigenvalue weighted by Crippen LogP contribution is 2.19. The van der Waals surface area contributed by atoms with Crippen molar-refractivity contribution < 1.29 is 19.4 Å². The number of para-hydroxylation sites is 2. The molecule has 82 valence electrons. The number of anilines is 1. The predicted molar refractivity (Wildman–Crippen MR) is 54.8 cm³/mol. The Morgan fingerprint density at radius 2 is 2.07 bits per heavy atom. The lowest BCUT2D eigenvalue weighted by atomic mass is 10.3. The van der Waals surface area contributed by atoms with E-state index in [1.807, 2.05) is 12.1 Å². The maximum absolute atomic E-state index is 10.1. The van der Waals surface area contributed by atoms with Crippen molar-refractivity contribution in [2.24, 2.45) is 0 Å². The Balaban J connectivity index is 2.21. The fourth-order valence-corrected chi connectivity index (χ4v) is 0.982. The third-order valence-corrected chi connectivity index (χ3v) is 1.63. The van der Waals surface area contributed by atoms with E-state index in [2.05, 4.69) is 0 Å². The summed E-state index contributed by atoms with van der Waals surface area (Å²) >= 11 is 0. The zero-order valence-electron chi connectivity index (χ0n) is 8.18. The second-order valence-corrected chi connectivity index (χ2v) is 2.83. The zero-order valence-corrected chi connectivity index (χ0v) is 8.18. The quantitative estimate of drug-likeness (QED) is 0.536. The van der Waals surface area contributed by atoms with Crippen LogP contribution in [0.3, 0.4) is 0 Å². The van der Waals surface area contributed by atoms with E-state index in [9.17, 15) is 4.79 Å². The molecule has 0 aliphatic carbocycles. The minimum Gasteiger partial charge on any atom is -0.489 e. The largest absolute Gasteiger partial charge is 0.489 e. The molecule has 0 aromatic heterocycles. The summed E-state index contributed by atoms with van der Waals surface area (Å²) in [7, 11) is 0. The van der Waals surface area contributed by atoms with E-state index in [1.165, 1.54) is 0 Å². The van der Waals surface area contributed by atoms with Crippen molar-refractivity contribution in [3.05, 3.63) is 24.3 Å². The summed E-state index contributed by atoms with van der Waals surface area (Å²) in [5.41, 5.74) is 6.18. The van der Waals surface area contributed by atoms with Gasteiger partial charge in [-0.15, -0.1) is 0 Å². The van der Waals surface area contributed by atoms with Crippen molar-refractivity contribution in [2.75, 3.05) is 25.6 Å². The van der Waals surface area contributed by atoms with Crippen molar-refractivity contribution in [2.45, 2.75) is 0 Å². The highest BCUT2D eigenvalue weighted by molar-refractivity contribution is 5.67. The minimum atomic E-state index is -0.991. The Morgan fingerprint density at radius 3 is 2.73 bits per heavy atom. The summed E-state index contributed by atoms with van der Waals surface area (Å²) in [6.07, 6.45) is 0. The molecule has 0 unspecified atom stereocenters. The molecule has 0 spiro atoms. The molecule has 0 aliphatic heterocycles. The Hall–Kier alpha value is -1.75. The van der Waals surface area contributed by atoms with Crippen LogP contribution in [0, 0.1) is 0 Å². The van der Waals surface area contributed by atoms with E-state index < -0.39 is 5.97 Å². The van der Waals surface area contributed by atoms with E-state index in [0.717, 1.165) is 0 Å². The van der Waals surface area contributed by atoms with Crippen molar-refractivity contribution in [3.63, 3.8) is 0 Å². The normalized spacial score (nSPS) is 9.87. The number of nitrogen functional groups attached to an aromatic ring is 1. The molecule has 1 aromatic rings. The van der Waals surface area contributed by atoms with E-state index in [4.69, 9.17) is 20.3 Å². The highest BCUT2D eigenvalue weighted by atomic mass is 16.5. The number of nitrogens with two attached hydrogens (primary N) is 1. The molecule has 15 heavy (non-hydrogen) atoms. The third-order valence-electron chi connectivity index (χ3n) is 1.63. The molecule has 0 heterocycles. The highest BCUT2D eigenvalue weighted by Gasteiger charge is 1.99. The van der Waals surface area contributed by atoms with Gasteiger partial charge in [-0.1, -0.05) is 12.1 Å². The van der Waals surface area contributed by atoms with E-state index >= 15 is 0 Å². The predicted octanol–water partition coefficient (Wildman–Crippen LogP) is 0.749. The third kappa shape index (κ3) is 4.33. The number of carboxylic acids is 1. The monoisotopic (exact) mass is 211 g/mol. The van der Waals surface area contributed by atoms with Crippen LogP contribution in [-0.4, -0.2) is 30.9 Å². The molecule has 0 amide bonds. The maximum Gasteiger partial charge on any atom is 0.329 e. The minimum absolute atomic E-state index is 0.223. The molecule has 5 heteroatoms. The van der Waals surface area contributed by atoms with Crippen LogP contribution in [0.15, 0.2) is 24.3 Å². The lowest BCUT2D eigenvalue weighted by Gasteiger charge is -2.07. The molecule has 0 saturated heterocycles. The number of benzene rings is 1. The fraction of sp³-hybridized carbons (Fsp3) is 0.300. The first-order chi connectivity index (χ1) is 7.20. The first kappa shape index (κ1) is 11.3. The van der Waals surface area contributed by atoms with Crippen LogP contribution in [0.5, 0.6) is 5.75 Å². The van der Waals surface area contributed by atoms with Crippen LogP contribution in [0.25, 0.3) is 0 Å². The van der Waals surface area contributed by atoms with Gasteiger partial charge in [-0.2, -0.15) is 0 Å². The molecule has 5 nitrogen and oxygen atoms in total. The zero-order chi connectivity index (χ0) is 11.1. The molecule has 0 aliphatic rings. The Kier molecular flexibility index (Phi) is 4.43. The van der Waals surface area contributed by atoms with Crippen molar-refractivity contribution in [1.82, 2.24) is 0 Å². The smallest absolute Gasteiger partial charge is 0.329 e. The van der Waals surface area contributed by atoms with Gasteiger partial charge in [0.05, 0.1) is 12.3 Å². The summed E-state index contributed by atoms with van der Waals surface area (Å²) in [5, 5.41) is 8.29. The Bertz CT molecular complexity index is 327. The lowest BCUT2D eigenvalue weighted by Crippen LogP contribution is -2.13. The summed E-state index contributed by atoms with van der Waals surface area (Å²) in [6.45, 7) is 0.190. The van der Waals surface area contributed by atoms with Crippen molar-refractivity contribution in [3.8, 4) is 5.75 Å². The van der Waals surface area contributed by atoms with Gasteiger partial charge in [-0.3, -0.25) is 0 Å². The van der Waals surface area contributed by atoms with Crippen LogP contribution in [-0.2, 0) is 9.53 Å². The van der Waals surface area contributed by atoms with Crippen LogP contribution >= 0.6 is 0 Å². The number of hydrogen-bond acceptors (Lipinski definition) is 4.